The molecule has 0 aromatic heterocycles. The molecule has 0 bridgehead atoms. The summed E-state index contributed by atoms with van der Waals surface area (Å²) in [5.74, 6) is -0.307. The van der Waals surface area contributed by atoms with Gasteiger partial charge in [-0.25, -0.2) is 4.39 Å². The van der Waals surface area contributed by atoms with E-state index >= 15 is 0 Å². The van der Waals surface area contributed by atoms with Crippen LogP contribution in [0.2, 0.25) is 5.02 Å². The van der Waals surface area contributed by atoms with Crippen LogP contribution in [0.25, 0.3) is 0 Å². The number of nitrogens with two attached hydrogens (primary N) is 1. The van der Waals surface area contributed by atoms with Gasteiger partial charge < -0.3 is 5.73 Å². The summed E-state index contributed by atoms with van der Waals surface area (Å²) in [6.45, 7) is 4.03. The van der Waals surface area contributed by atoms with Crippen LogP contribution in [0.4, 0.5) is 4.39 Å². The van der Waals surface area contributed by atoms with Crippen molar-refractivity contribution in [1.29, 1.82) is 0 Å². The molecule has 0 aliphatic heterocycles. The Bertz CT molecular complexity index is 599. The van der Waals surface area contributed by atoms with Crippen LogP contribution in [0.3, 0.4) is 0 Å². The molecule has 0 saturated carbocycles. The van der Waals surface area contributed by atoms with Crippen LogP contribution < -0.4 is 5.73 Å². The summed E-state index contributed by atoms with van der Waals surface area (Å²) >= 11 is 9.58. The van der Waals surface area contributed by atoms with Crippen molar-refractivity contribution in [3.8, 4) is 0 Å². The van der Waals surface area contributed by atoms with Crippen molar-refractivity contribution in [2.24, 2.45) is 5.73 Å². The minimum atomic E-state index is -0.307. The molecule has 0 amide bonds. The Morgan fingerprint density at radius 3 is 2.40 bits per heavy atom. The predicted molar refractivity (Wildman–Crippen MR) is 85.7 cm³/mol. The third-order valence-corrected chi connectivity index (χ3v) is 4.98. The lowest BCUT2D eigenvalue weighted by Gasteiger charge is -2.16. The highest BCUT2D eigenvalue weighted by Gasteiger charge is 2.15. The topological polar surface area (TPSA) is 26.0 Å². The molecule has 0 heterocycles. The maximum atomic E-state index is 13.8. The molecule has 1 unspecified atom stereocenters. The van der Waals surface area contributed by atoms with Gasteiger partial charge in [0.15, 0.2) is 0 Å². The zero-order valence-electron chi connectivity index (χ0n) is 11.4. The quantitative estimate of drug-likeness (QED) is 0.813. The van der Waals surface area contributed by atoms with Gasteiger partial charge in [-0.3, -0.25) is 0 Å². The molecule has 2 aromatic rings. The Labute approximate surface area is 132 Å². The van der Waals surface area contributed by atoms with Gasteiger partial charge in [0.05, 0.1) is 0 Å². The first-order valence-electron chi connectivity index (χ1n) is 6.35. The van der Waals surface area contributed by atoms with E-state index in [2.05, 4.69) is 15.9 Å². The first-order chi connectivity index (χ1) is 9.40. The van der Waals surface area contributed by atoms with Crippen LogP contribution in [0, 0.1) is 19.7 Å². The van der Waals surface area contributed by atoms with E-state index in [9.17, 15) is 4.39 Å². The maximum Gasteiger partial charge on any atom is 0.127 e. The van der Waals surface area contributed by atoms with Crippen molar-refractivity contribution >= 4 is 27.5 Å². The van der Waals surface area contributed by atoms with E-state index in [1.807, 2.05) is 26.0 Å². The Kier molecular flexibility index (Phi) is 4.84. The number of benzene rings is 2. The summed E-state index contributed by atoms with van der Waals surface area (Å²) in [4.78, 5) is 0. The highest BCUT2D eigenvalue weighted by Crippen LogP contribution is 2.28. The number of rotatable bonds is 3. The van der Waals surface area contributed by atoms with E-state index in [-0.39, 0.29) is 11.9 Å². The van der Waals surface area contributed by atoms with Gasteiger partial charge in [0.2, 0.25) is 0 Å². The van der Waals surface area contributed by atoms with Gasteiger partial charge in [0, 0.05) is 21.1 Å². The lowest BCUT2D eigenvalue weighted by molar-refractivity contribution is 0.593. The molecule has 20 heavy (non-hydrogen) atoms. The number of hydrogen-bond donors (Lipinski definition) is 1. The number of hydrogen-bond acceptors (Lipinski definition) is 1. The van der Waals surface area contributed by atoms with Gasteiger partial charge in [-0.2, -0.15) is 0 Å². The molecule has 106 valence electrons. The Balaban J connectivity index is 2.31. The second-order valence-electron chi connectivity index (χ2n) is 4.98. The SMILES string of the molecule is Cc1cc(C(N)Cc2c(F)cccc2Cl)cc(C)c1Br. The van der Waals surface area contributed by atoms with Gasteiger partial charge >= 0.3 is 0 Å². The summed E-state index contributed by atoms with van der Waals surface area (Å²) in [7, 11) is 0. The number of halogens is 3. The molecule has 0 fully saturated rings. The average Bonchev–Trinajstić information content (AvgIpc) is 2.39. The third-order valence-electron chi connectivity index (χ3n) is 3.37. The molecule has 0 spiro atoms. The van der Waals surface area contributed by atoms with E-state index in [1.54, 1.807) is 12.1 Å². The summed E-state index contributed by atoms with van der Waals surface area (Å²) in [6, 6.07) is 8.46. The van der Waals surface area contributed by atoms with Crippen LogP contribution in [0.5, 0.6) is 0 Å². The monoisotopic (exact) mass is 355 g/mol. The highest BCUT2D eigenvalue weighted by atomic mass is 79.9. The summed E-state index contributed by atoms with van der Waals surface area (Å²) in [5, 5.41) is 0.422. The van der Waals surface area contributed by atoms with Gasteiger partial charge in [0.25, 0.3) is 0 Å². The summed E-state index contributed by atoms with van der Waals surface area (Å²) in [6.07, 6.45) is 0.381. The van der Waals surface area contributed by atoms with Crippen LogP contribution in [0.1, 0.15) is 28.3 Å². The van der Waals surface area contributed by atoms with Crippen molar-refractivity contribution < 1.29 is 4.39 Å². The van der Waals surface area contributed by atoms with Gasteiger partial charge in [0.1, 0.15) is 5.82 Å². The highest BCUT2D eigenvalue weighted by molar-refractivity contribution is 9.10. The first kappa shape index (κ1) is 15.5. The zero-order valence-corrected chi connectivity index (χ0v) is 13.7. The second-order valence-corrected chi connectivity index (χ2v) is 6.18. The molecule has 0 aliphatic carbocycles. The van der Waals surface area contributed by atoms with Gasteiger partial charge in [-0.15, -0.1) is 0 Å². The average molecular weight is 357 g/mol. The minimum absolute atomic E-state index is 0.283. The molecule has 0 saturated heterocycles. The van der Waals surface area contributed by atoms with E-state index in [4.69, 9.17) is 17.3 Å². The van der Waals surface area contributed by atoms with Crippen LogP contribution in [-0.4, -0.2) is 0 Å². The molecular formula is C16H16BrClFN. The minimum Gasteiger partial charge on any atom is -0.324 e. The Hall–Kier alpha value is -0.900. The molecule has 4 heteroatoms. The summed E-state index contributed by atoms with van der Waals surface area (Å²) < 4.78 is 14.9. The lowest BCUT2D eigenvalue weighted by Crippen LogP contribution is -2.15. The van der Waals surface area contributed by atoms with E-state index < -0.39 is 0 Å². The predicted octanol–water partition coefficient (Wildman–Crippen LogP) is 5.10. The molecule has 0 aliphatic rings. The fourth-order valence-corrected chi connectivity index (χ4v) is 2.73. The normalized spacial score (nSPS) is 12.5. The van der Waals surface area contributed by atoms with E-state index in [0.29, 0.717) is 17.0 Å². The smallest absolute Gasteiger partial charge is 0.127 e. The maximum absolute atomic E-state index is 13.8. The van der Waals surface area contributed by atoms with E-state index in [0.717, 1.165) is 21.2 Å². The lowest BCUT2D eigenvalue weighted by atomic mass is 9.96. The number of aryl methyl sites for hydroxylation is 2. The van der Waals surface area contributed by atoms with Gasteiger partial charge in [-0.1, -0.05) is 45.7 Å². The standard InChI is InChI=1S/C16H16BrClFN/c1-9-6-11(7-10(2)16(9)17)15(20)8-12-13(18)4-3-5-14(12)19/h3-7,15H,8,20H2,1-2H3. The fraction of sp³-hybridized carbons (Fsp3) is 0.250. The molecule has 2 rings (SSSR count). The second kappa shape index (κ2) is 6.25. The van der Waals surface area contributed by atoms with Crippen molar-refractivity contribution in [1.82, 2.24) is 0 Å². The van der Waals surface area contributed by atoms with Crippen LogP contribution >= 0.6 is 27.5 Å². The molecule has 1 nitrogen and oxygen atoms in total. The van der Waals surface area contributed by atoms with Crippen molar-refractivity contribution in [3.05, 3.63) is 67.9 Å². The zero-order chi connectivity index (χ0) is 14.9. The molecule has 0 radical (unpaired) electrons. The fourth-order valence-electron chi connectivity index (χ4n) is 2.26. The van der Waals surface area contributed by atoms with Crippen LogP contribution in [0.15, 0.2) is 34.8 Å². The van der Waals surface area contributed by atoms with Crippen molar-refractivity contribution in [2.75, 3.05) is 0 Å². The molecule has 1 atom stereocenters. The molecular weight excluding hydrogens is 341 g/mol. The Morgan fingerprint density at radius 2 is 1.85 bits per heavy atom. The third kappa shape index (κ3) is 3.22. The summed E-state index contributed by atoms with van der Waals surface area (Å²) in [5.41, 5.74) is 9.91. The largest absolute Gasteiger partial charge is 0.324 e. The molecule has 2 aromatic carbocycles. The van der Waals surface area contributed by atoms with Crippen LogP contribution in [-0.2, 0) is 6.42 Å². The van der Waals surface area contributed by atoms with Crippen molar-refractivity contribution in [2.45, 2.75) is 26.3 Å². The van der Waals surface area contributed by atoms with E-state index in [1.165, 1.54) is 6.07 Å². The van der Waals surface area contributed by atoms with Crippen molar-refractivity contribution in [3.63, 3.8) is 0 Å². The molecule has 2 N–H and O–H groups in total. The Morgan fingerprint density at radius 1 is 1.25 bits per heavy atom. The first-order valence-corrected chi connectivity index (χ1v) is 7.52. The van der Waals surface area contributed by atoms with Gasteiger partial charge in [-0.05, 0) is 49.1 Å².